The maximum atomic E-state index is 6.25. The number of hydrogen-bond acceptors (Lipinski definition) is 5. The van der Waals surface area contributed by atoms with Crippen molar-refractivity contribution >= 4 is 66.9 Å². The van der Waals surface area contributed by atoms with Crippen LogP contribution in [0.15, 0.2) is 66.7 Å². The van der Waals surface area contributed by atoms with Gasteiger partial charge in [-0.2, -0.15) is 0 Å². The van der Waals surface area contributed by atoms with Gasteiger partial charge in [0.25, 0.3) is 0 Å². The van der Waals surface area contributed by atoms with Crippen molar-refractivity contribution in [3.63, 3.8) is 0 Å². The second kappa shape index (κ2) is 8.00. The lowest BCUT2D eigenvalue weighted by atomic mass is 10.1. The summed E-state index contributed by atoms with van der Waals surface area (Å²) in [7, 11) is 0. The summed E-state index contributed by atoms with van der Waals surface area (Å²) in [5.74, 6) is 0. The van der Waals surface area contributed by atoms with E-state index < -0.39 is 0 Å². The van der Waals surface area contributed by atoms with E-state index in [9.17, 15) is 0 Å². The van der Waals surface area contributed by atoms with Crippen molar-refractivity contribution in [2.75, 3.05) is 5.32 Å². The molecule has 0 aliphatic heterocycles. The number of hydrogen-bond donors (Lipinski definition) is 1. The lowest BCUT2D eigenvalue weighted by molar-refractivity contribution is 1.37. The third-order valence-corrected chi connectivity index (χ3v) is 7.08. The molecule has 148 valence electrons. The van der Waals surface area contributed by atoms with Gasteiger partial charge in [0.05, 0.1) is 15.4 Å². The fourth-order valence-electron chi connectivity index (χ4n) is 3.21. The summed E-state index contributed by atoms with van der Waals surface area (Å²) < 4.78 is 0.957. The number of nitrogens with one attached hydrogen (secondary N) is 1. The highest BCUT2D eigenvalue weighted by atomic mass is 35.5. The van der Waals surface area contributed by atoms with Crippen molar-refractivity contribution in [1.29, 1.82) is 0 Å². The van der Waals surface area contributed by atoms with Crippen molar-refractivity contribution in [3.05, 3.63) is 81.7 Å². The Balaban J connectivity index is 1.40. The monoisotopic (exact) mass is 467 g/mol. The molecule has 0 saturated carbocycles. The van der Waals surface area contributed by atoms with Gasteiger partial charge in [-0.1, -0.05) is 77.0 Å². The first-order valence-corrected chi connectivity index (χ1v) is 11.6. The molecule has 0 amide bonds. The second-order valence-corrected chi connectivity index (χ2v) is 9.82. The molecule has 0 aliphatic rings. The van der Waals surface area contributed by atoms with Gasteiger partial charge in [-0.3, -0.25) is 0 Å². The van der Waals surface area contributed by atoms with Crippen LogP contribution in [0.2, 0.25) is 10.0 Å². The highest BCUT2D eigenvalue weighted by Crippen LogP contribution is 2.36. The summed E-state index contributed by atoms with van der Waals surface area (Å²) >= 11 is 15.6. The Bertz CT molecular complexity index is 1340. The zero-order valence-electron chi connectivity index (χ0n) is 15.8. The number of nitrogens with zero attached hydrogens (tertiary/aromatic N) is 2. The Morgan fingerprint density at radius 2 is 1.60 bits per heavy atom. The third-order valence-electron chi connectivity index (χ3n) is 4.64. The van der Waals surface area contributed by atoms with E-state index in [2.05, 4.69) is 41.5 Å². The molecule has 0 atom stereocenters. The Labute approximate surface area is 192 Å². The number of benzene rings is 3. The van der Waals surface area contributed by atoms with Crippen LogP contribution in [0, 0.1) is 6.92 Å². The lowest BCUT2D eigenvalue weighted by Crippen LogP contribution is -1.89. The topological polar surface area (TPSA) is 37.8 Å². The number of aromatic nitrogens is 2. The summed E-state index contributed by atoms with van der Waals surface area (Å²) in [6, 6.07) is 22.1. The largest absolute Gasteiger partial charge is 0.332 e. The molecule has 3 nitrogen and oxygen atoms in total. The normalized spacial score (nSPS) is 11.2. The van der Waals surface area contributed by atoms with E-state index in [0.29, 0.717) is 10.0 Å². The second-order valence-electron chi connectivity index (χ2n) is 6.75. The van der Waals surface area contributed by atoms with Crippen LogP contribution in [0.5, 0.6) is 0 Å². The summed E-state index contributed by atoms with van der Waals surface area (Å²) in [4.78, 5) is 10.7. The first kappa shape index (κ1) is 19.5. The highest BCUT2D eigenvalue weighted by molar-refractivity contribution is 7.22. The Morgan fingerprint density at radius 3 is 2.37 bits per heavy atom. The predicted octanol–water partition coefficient (Wildman–Crippen LogP) is 8.45. The molecule has 0 bridgehead atoms. The van der Waals surface area contributed by atoms with Crippen molar-refractivity contribution < 1.29 is 0 Å². The summed E-state index contributed by atoms with van der Waals surface area (Å²) in [5, 5.41) is 6.34. The fourth-order valence-corrected chi connectivity index (χ4v) is 5.76. The molecular formula is C23H15Cl2N3S2. The number of anilines is 2. The molecule has 0 radical (unpaired) electrons. The summed E-state index contributed by atoms with van der Waals surface area (Å²) in [6.07, 6.45) is 0. The molecule has 1 N–H and O–H groups in total. The van der Waals surface area contributed by atoms with Crippen molar-refractivity contribution in [2.45, 2.75) is 6.92 Å². The van der Waals surface area contributed by atoms with Crippen LogP contribution in [0.1, 0.15) is 4.88 Å². The van der Waals surface area contributed by atoms with E-state index in [4.69, 9.17) is 28.2 Å². The summed E-state index contributed by atoms with van der Waals surface area (Å²) in [6.45, 7) is 2.11. The van der Waals surface area contributed by atoms with Crippen molar-refractivity contribution in [2.24, 2.45) is 0 Å². The van der Waals surface area contributed by atoms with E-state index in [1.807, 2.05) is 36.4 Å². The molecule has 0 unspecified atom stereocenters. The van der Waals surface area contributed by atoms with Crippen LogP contribution in [0.3, 0.4) is 0 Å². The molecule has 0 spiro atoms. The Morgan fingerprint density at radius 1 is 0.833 bits per heavy atom. The van der Waals surface area contributed by atoms with E-state index in [0.717, 1.165) is 42.9 Å². The highest BCUT2D eigenvalue weighted by Gasteiger charge is 2.12. The zero-order chi connectivity index (χ0) is 20.7. The Kier molecular flexibility index (Phi) is 5.21. The maximum absolute atomic E-state index is 6.25. The van der Waals surface area contributed by atoms with Gasteiger partial charge in [0.15, 0.2) is 5.13 Å². The van der Waals surface area contributed by atoms with Crippen LogP contribution in [-0.2, 0) is 0 Å². The molecule has 5 aromatic rings. The number of thiazole rings is 2. The van der Waals surface area contributed by atoms with E-state index in [1.165, 1.54) is 16.2 Å². The Hall–Kier alpha value is -2.44. The minimum atomic E-state index is 0.561. The minimum absolute atomic E-state index is 0.561. The molecule has 3 aromatic carbocycles. The fraction of sp³-hybridized carbons (Fsp3) is 0.0435. The number of aryl methyl sites for hydroxylation is 1. The first-order chi connectivity index (χ1) is 14.6. The molecule has 0 fully saturated rings. The van der Waals surface area contributed by atoms with Gasteiger partial charge in [-0.05, 0) is 31.2 Å². The van der Waals surface area contributed by atoms with E-state index >= 15 is 0 Å². The SMILES string of the molecule is Cc1sc(-c2ccccc2)nc1-c1ccc(Nc2nc3c(Cl)cc(Cl)cc3s2)cc1. The van der Waals surface area contributed by atoms with Gasteiger partial charge in [-0.25, -0.2) is 9.97 Å². The van der Waals surface area contributed by atoms with Gasteiger partial charge in [0.1, 0.15) is 10.5 Å². The van der Waals surface area contributed by atoms with Crippen LogP contribution in [-0.4, -0.2) is 9.97 Å². The van der Waals surface area contributed by atoms with E-state index in [-0.39, 0.29) is 0 Å². The quantitative estimate of drug-likeness (QED) is 0.288. The van der Waals surface area contributed by atoms with Crippen LogP contribution in [0.4, 0.5) is 10.8 Å². The predicted molar refractivity (Wildman–Crippen MR) is 131 cm³/mol. The number of fused-ring (bicyclic) bond motifs is 1. The van der Waals surface area contributed by atoms with Gasteiger partial charge < -0.3 is 5.32 Å². The van der Waals surface area contributed by atoms with Crippen molar-refractivity contribution in [1.82, 2.24) is 9.97 Å². The van der Waals surface area contributed by atoms with Crippen LogP contribution in [0.25, 0.3) is 32.0 Å². The number of halogens is 2. The molecule has 5 rings (SSSR count). The molecular weight excluding hydrogens is 453 g/mol. The maximum Gasteiger partial charge on any atom is 0.188 e. The van der Waals surface area contributed by atoms with Gasteiger partial charge in [-0.15, -0.1) is 11.3 Å². The minimum Gasteiger partial charge on any atom is -0.332 e. The van der Waals surface area contributed by atoms with Gasteiger partial charge in [0, 0.05) is 26.7 Å². The third kappa shape index (κ3) is 3.82. The first-order valence-electron chi connectivity index (χ1n) is 9.23. The summed E-state index contributed by atoms with van der Waals surface area (Å²) in [5.41, 5.74) is 4.97. The number of rotatable bonds is 4. The van der Waals surface area contributed by atoms with Gasteiger partial charge >= 0.3 is 0 Å². The molecule has 0 saturated heterocycles. The average Bonchev–Trinajstić information content (AvgIpc) is 3.33. The average molecular weight is 468 g/mol. The lowest BCUT2D eigenvalue weighted by Gasteiger charge is -2.04. The standard InChI is InChI=1S/C23H15Cl2N3S2/c1-13-20(27-22(29-13)15-5-3-2-4-6-15)14-7-9-17(10-8-14)26-23-28-21-18(25)11-16(24)12-19(21)30-23/h2-12H,1H3,(H,26,28). The van der Waals surface area contributed by atoms with Crippen LogP contribution >= 0.6 is 45.9 Å². The zero-order valence-corrected chi connectivity index (χ0v) is 19.0. The molecule has 30 heavy (non-hydrogen) atoms. The molecule has 2 heterocycles. The molecule has 2 aromatic heterocycles. The smallest absolute Gasteiger partial charge is 0.188 e. The molecule has 7 heteroatoms. The van der Waals surface area contributed by atoms with E-state index in [1.54, 1.807) is 17.4 Å². The van der Waals surface area contributed by atoms with Crippen molar-refractivity contribution in [3.8, 4) is 21.8 Å². The van der Waals surface area contributed by atoms with Crippen LogP contribution < -0.4 is 5.32 Å². The molecule has 0 aliphatic carbocycles. The van der Waals surface area contributed by atoms with Gasteiger partial charge in [0.2, 0.25) is 0 Å².